The average Bonchev–Trinajstić information content (AvgIpc) is 3.07. The van der Waals surface area contributed by atoms with Crippen LogP contribution in [0.1, 0.15) is 24.7 Å². The minimum atomic E-state index is 0.268. The van der Waals surface area contributed by atoms with E-state index in [-0.39, 0.29) is 6.04 Å². The number of ether oxygens (including phenoxy) is 2. The quantitative estimate of drug-likeness (QED) is 0.909. The molecule has 4 atom stereocenters. The van der Waals surface area contributed by atoms with Gasteiger partial charge in [-0.2, -0.15) is 4.98 Å². The van der Waals surface area contributed by atoms with Crippen molar-refractivity contribution in [3.05, 3.63) is 23.0 Å². The minimum Gasteiger partial charge on any atom is -0.486 e. The molecule has 2 N–H and O–H groups in total. The number of hydrogen-bond acceptors (Lipinski definition) is 6. The molecule has 5 rings (SSSR count). The van der Waals surface area contributed by atoms with E-state index >= 15 is 0 Å². The van der Waals surface area contributed by atoms with Crippen LogP contribution < -0.4 is 15.2 Å². The van der Waals surface area contributed by atoms with Crippen LogP contribution in [0.4, 0.5) is 0 Å². The lowest BCUT2D eigenvalue weighted by Gasteiger charge is -2.19. The molecular formula is C16H16ClN3O3. The highest BCUT2D eigenvalue weighted by Gasteiger charge is 2.55. The third-order valence-electron chi connectivity index (χ3n) is 5.10. The number of aromatic nitrogens is 2. The Hall–Kier alpha value is -1.79. The molecule has 0 radical (unpaired) electrons. The second-order valence-corrected chi connectivity index (χ2v) is 6.92. The molecule has 0 bridgehead atoms. The van der Waals surface area contributed by atoms with Gasteiger partial charge in [-0.25, -0.2) is 0 Å². The summed E-state index contributed by atoms with van der Waals surface area (Å²) in [6, 6.07) is 3.89. The third kappa shape index (κ3) is 2.12. The van der Waals surface area contributed by atoms with Gasteiger partial charge in [0, 0.05) is 17.5 Å². The Kier molecular flexibility index (Phi) is 2.87. The fourth-order valence-corrected chi connectivity index (χ4v) is 4.13. The van der Waals surface area contributed by atoms with Crippen molar-refractivity contribution in [3.8, 4) is 22.9 Å². The Morgan fingerprint density at radius 1 is 1.13 bits per heavy atom. The molecule has 2 aromatic rings. The Labute approximate surface area is 137 Å². The number of nitrogens with two attached hydrogens (primary N) is 1. The van der Waals surface area contributed by atoms with Crippen molar-refractivity contribution < 1.29 is 14.0 Å². The van der Waals surface area contributed by atoms with Crippen LogP contribution in [0.5, 0.6) is 11.5 Å². The number of hydrogen-bond donors (Lipinski definition) is 1. The van der Waals surface area contributed by atoms with Crippen LogP contribution in [0.15, 0.2) is 16.7 Å². The van der Waals surface area contributed by atoms with E-state index in [0.717, 1.165) is 12.0 Å². The Morgan fingerprint density at radius 3 is 2.78 bits per heavy atom. The molecule has 3 aliphatic rings. The fraction of sp³-hybridized carbons (Fsp3) is 0.500. The number of halogens is 1. The zero-order valence-corrected chi connectivity index (χ0v) is 13.1. The highest BCUT2D eigenvalue weighted by molar-refractivity contribution is 6.32. The second-order valence-electron chi connectivity index (χ2n) is 6.51. The van der Waals surface area contributed by atoms with Crippen molar-refractivity contribution >= 4 is 11.6 Å². The molecule has 2 heterocycles. The number of nitrogens with zero attached hydrogens (tertiary/aromatic N) is 2. The van der Waals surface area contributed by atoms with E-state index in [4.69, 9.17) is 31.3 Å². The molecular weight excluding hydrogens is 318 g/mol. The topological polar surface area (TPSA) is 83.4 Å². The number of rotatable bonds is 2. The molecule has 120 valence electrons. The molecule has 6 nitrogen and oxygen atoms in total. The van der Waals surface area contributed by atoms with Crippen LogP contribution in [0, 0.1) is 11.8 Å². The molecule has 2 aliphatic carbocycles. The van der Waals surface area contributed by atoms with E-state index in [9.17, 15) is 0 Å². The van der Waals surface area contributed by atoms with Gasteiger partial charge in [-0.15, -0.1) is 0 Å². The number of fused-ring (bicyclic) bond motifs is 2. The van der Waals surface area contributed by atoms with Gasteiger partial charge >= 0.3 is 0 Å². The first-order valence-corrected chi connectivity index (χ1v) is 8.27. The predicted octanol–water partition coefficient (Wildman–Crippen LogP) is 2.61. The summed E-state index contributed by atoms with van der Waals surface area (Å²) in [4.78, 5) is 4.58. The van der Waals surface area contributed by atoms with Crippen LogP contribution in [0.25, 0.3) is 11.4 Å². The normalized spacial score (nSPS) is 31.0. The van der Waals surface area contributed by atoms with Gasteiger partial charge < -0.3 is 19.7 Å². The lowest BCUT2D eigenvalue weighted by molar-refractivity contribution is 0.172. The largest absolute Gasteiger partial charge is 0.486 e. The van der Waals surface area contributed by atoms with Gasteiger partial charge in [0.05, 0.1) is 5.02 Å². The van der Waals surface area contributed by atoms with E-state index in [1.807, 2.05) is 6.07 Å². The summed E-state index contributed by atoms with van der Waals surface area (Å²) in [5.41, 5.74) is 6.89. The summed E-state index contributed by atoms with van der Waals surface area (Å²) >= 11 is 6.27. The lowest BCUT2D eigenvalue weighted by Crippen LogP contribution is -2.19. The molecule has 1 aromatic heterocycles. The zero-order valence-electron chi connectivity index (χ0n) is 12.4. The van der Waals surface area contributed by atoms with Gasteiger partial charge in [0.2, 0.25) is 11.7 Å². The molecule has 1 aliphatic heterocycles. The van der Waals surface area contributed by atoms with Gasteiger partial charge in [0.1, 0.15) is 13.2 Å². The van der Waals surface area contributed by atoms with Gasteiger partial charge in [-0.05, 0) is 36.8 Å². The molecule has 0 amide bonds. The van der Waals surface area contributed by atoms with Gasteiger partial charge in [0.15, 0.2) is 11.5 Å². The summed E-state index contributed by atoms with van der Waals surface area (Å²) in [7, 11) is 0. The van der Waals surface area contributed by atoms with Gasteiger partial charge in [-0.1, -0.05) is 16.8 Å². The Balaban J connectivity index is 1.48. The van der Waals surface area contributed by atoms with Crippen molar-refractivity contribution in [3.63, 3.8) is 0 Å². The first-order chi connectivity index (χ1) is 11.2. The lowest BCUT2D eigenvalue weighted by atomic mass is 10.0. The standard InChI is InChI=1S/C16H16ClN3O3/c17-11-3-7(4-13-14(11)22-2-1-21-13)15-19-16(23-20-15)10-6-12(18)9-5-8(9)10/h3-4,8-10,12H,1-2,5-6,18H2/t8-,9+,10-,12+/m0/s1. The molecule has 2 saturated carbocycles. The number of benzene rings is 1. The Bertz CT molecular complexity index is 778. The minimum absolute atomic E-state index is 0.268. The molecule has 1 aromatic carbocycles. The van der Waals surface area contributed by atoms with E-state index in [0.29, 0.717) is 59.2 Å². The van der Waals surface area contributed by atoms with Crippen LogP contribution in [-0.4, -0.2) is 29.4 Å². The van der Waals surface area contributed by atoms with Crippen molar-refractivity contribution in [2.24, 2.45) is 17.6 Å². The smallest absolute Gasteiger partial charge is 0.230 e. The van der Waals surface area contributed by atoms with Crippen LogP contribution in [-0.2, 0) is 0 Å². The summed E-state index contributed by atoms with van der Waals surface area (Å²) in [5, 5.41) is 4.61. The predicted molar refractivity (Wildman–Crippen MR) is 82.7 cm³/mol. The zero-order chi connectivity index (χ0) is 15.6. The second kappa shape index (κ2) is 4.85. The maximum Gasteiger partial charge on any atom is 0.230 e. The molecule has 23 heavy (non-hydrogen) atoms. The highest BCUT2D eigenvalue weighted by Crippen LogP contribution is 2.58. The molecule has 2 fully saturated rings. The molecule has 0 unspecified atom stereocenters. The molecule has 0 spiro atoms. The van der Waals surface area contributed by atoms with E-state index in [1.165, 1.54) is 6.42 Å². The highest BCUT2D eigenvalue weighted by atomic mass is 35.5. The van der Waals surface area contributed by atoms with Crippen molar-refractivity contribution in [1.29, 1.82) is 0 Å². The van der Waals surface area contributed by atoms with E-state index in [1.54, 1.807) is 6.07 Å². The van der Waals surface area contributed by atoms with Crippen molar-refractivity contribution in [1.82, 2.24) is 10.1 Å². The van der Waals surface area contributed by atoms with Crippen LogP contribution in [0.2, 0.25) is 5.02 Å². The average molecular weight is 334 g/mol. The first-order valence-electron chi connectivity index (χ1n) is 7.89. The van der Waals surface area contributed by atoms with E-state index in [2.05, 4.69) is 10.1 Å². The summed E-state index contributed by atoms with van der Waals surface area (Å²) in [5.74, 6) is 3.96. The maximum atomic E-state index is 6.27. The maximum absolute atomic E-state index is 6.27. The van der Waals surface area contributed by atoms with Crippen molar-refractivity contribution in [2.45, 2.75) is 24.8 Å². The van der Waals surface area contributed by atoms with Crippen LogP contribution in [0.3, 0.4) is 0 Å². The van der Waals surface area contributed by atoms with E-state index < -0.39 is 0 Å². The van der Waals surface area contributed by atoms with Gasteiger partial charge in [-0.3, -0.25) is 0 Å². The third-order valence-corrected chi connectivity index (χ3v) is 5.38. The monoisotopic (exact) mass is 333 g/mol. The molecule has 0 saturated heterocycles. The summed E-state index contributed by atoms with van der Waals surface area (Å²) in [6.07, 6.45) is 2.11. The Morgan fingerprint density at radius 2 is 2.00 bits per heavy atom. The molecule has 7 heteroatoms. The van der Waals surface area contributed by atoms with Crippen LogP contribution >= 0.6 is 11.6 Å². The van der Waals surface area contributed by atoms with Crippen molar-refractivity contribution in [2.75, 3.05) is 13.2 Å². The van der Waals surface area contributed by atoms with Gasteiger partial charge in [0.25, 0.3) is 0 Å². The summed E-state index contributed by atoms with van der Waals surface area (Å²) < 4.78 is 16.6. The summed E-state index contributed by atoms with van der Waals surface area (Å²) in [6.45, 7) is 1.01. The fourth-order valence-electron chi connectivity index (χ4n) is 3.86. The SMILES string of the molecule is N[C@@H]1C[C@H](c2nc(-c3cc(Cl)c4c(c3)OCCO4)no2)[C@H]2C[C@H]21. The first kappa shape index (κ1) is 13.6.